The molecule has 0 bridgehead atoms. The summed E-state index contributed by atoms with van der Waals surface area (Å²) in [6.07, 6.45) is 4.54. The summed E-state index contributed by atoms with van der Waals surface area (Å²) in [5.41, 5.74) is 0.659. The minimum atomic E-state index is -3.71. The quantitative estimate of drug-likeness (QED) is 0.361. The van der Waals surface area contributed by atoms with E-state index >= 15 is 0 Å². The maximum Gasteiger partial charge on any atom is 0.262 e. The highest BCUT2D eigenvalue weighted by atomic mass is 79.9. The van der Waals surface area contributed by atoms with Gasteiger partial charge in [-0.25, -0.2) is 13.1 Å². The average Bonchev–Trinajstić information content (AvgIpc) is 3.23. The predicted molar refractivity (Wildman–Crippen MR) is 117 cm³/mol. The van der Waals surface area contributed by atoms with Gasteiger partial charge in [0.25, 0.3) is 5.91 Å². The molecule has 3 rings (SSSR count). The number of nitrogens with one attached hydrogen (secondary N) is 2. The first-order valence-corrected chi connectivity index (χ1v) is 11.3. The van der Waals surface area contributed by atoms with Gasteiger partial charge in [-0.2, -0.15) is 5.26 Å². The molecule has 1 amide bonds. The van der Waals surface area contributed by atoms with E-state index in [1.54, 1.807) is 48.8 Å². The topological polar surface area (TPSA) is 125 Å². The molecular formula is C21H17BrN4O4S. The third kappa shape index (κ3) is 6.36. The van der Waals surface area contributed by atoms with Gasteiger partial charge in [-0.15, -0.1) is 0 Å². The standard InChI is InChI=1S/C21H17BrN4O4S/c22-17-3-7-20(8-4-17)31(28,29)26-14-19-6-5-18(30-19)10-16(11-23)21(27)25-13-15-2-1-9-24-12-15/h1-10,12,26H,13-14H2,(H,25,27)/b16-10-. The highest BCUT2D eigenvalue weighted by Crippen LogP contribution is 2.16. The zero-order valence-electron chi connectivity index (χ0n) is 16.1. The highest BCUT2D eigenvalue weighted by molar-refractivity contribution is 9.10. The first-order valence-electron chi connectivity index (χ1n) is 9.00. The molecule has 8 nitrogen and oxygen atoms in total. The molecule has 0 fully saturated rings. The lowest BCUT2D eigenvalue weighted by Crippen LogP contribution is -2.24. The van der Waals surface area contributed by atoms with E-state index in [0.717, 1.165) is 10.0 Å². The van der Waals surface area contributed by atoms with E-state index in [1.165, 1.54) is 18.2 Å². The number of pyridine rings is 1. The minimum absolute atomic E-state index is 0.0820. The van der Waals surface area contributed by atoms with Crippen LogP contribution in [0.3, 0.4) is 0 Å². The van der Waals surface area contributed by atoms with Crippen LogP contribution in [-0.4, -0.2) is 19.3 Å². The number of halogens is 1. The van der Waals surface area contributed by atoms with Gasteiger partial charge >= 0.3 is 0 Å². The van der Waals surface area contributed by atoms with Crippen molar-refractivity contribution in [3.63, 3.8) is 0 Å². The van der Waals surface area contributed by atoms with Crippen molar-refractivity contribution in [3.05, 3.63) is 88.1 Å². The van der Waals surface area contributed by atoms with Crippen molar-refractivity contribution in [2.24, 2.45) is 0 Å². The third-order valence-electron chi connectivity index (χ3n) is 4.07. The van der Waals surface area contributed by atoms with Crippen LogP contribution in [0.4, 0.5) is 0 Å². The molecule has 0 aliphatic rings. The molecule has 31 heavy (non-hydrogen) atoms. The van der Waals surface area contributed by atoms with Crippen LogP contribution in [0.2, 0.25) is 0 Å². The number of furan rings is 1. The van der Waals surface area contributed by atoms with Gasteiger partial charge in [-0.1, -0.05) is 22.0 Å². The molecule has 10 heteroatoms. The molecule has 2 N–H and O–H groups in total. The van der Waals surface area contributed by atoms with Crippen LogP contribution in [0.1, 0.15) is 17.1 Å². The fraction of sp³-hybridized carbons (Fsp3) is 0.0952. The SMILES string of the molecule is N#C/C(=C/c1ccc(CNS(=O)(=O)c2ccc(Br)cc2)o1)C(=O)NCc1cccnc1. The Hall–Kier alpha value is -3.26. The molecule has 0 saturated carbocycles. The van der Waals surface area contributed by atoms with Crippen molar-refractivity contribution >= 4 is 37.9 Å². The molecule has 0 aliphatic heterocycles. The Kier molecular flexibility index (Phi) is 7.36. The summed E-state index contributed by atoms with van der Waals surface area (Å²) in [6, 6.07) is 14.7. The predicted octanol–water partition coefficient (Wildman–Crippen LogP) is 3.14. The summed E-state index contributed by atoms with van der Waals surface area (Å²) in [5.74, 6) is 0.0335. The van der Waals surface area contributed by atoms with Crippen molar-refractivity contribution in [1.29, 1.82) is 5.26 Å². The number of amides is 1. The first kappa shape index (κ1) is 22.4. The molecular weight excluding hydrogens is 484 g/mol. The number of carbonyl (C=O) groups excluding carboxylic acids is 1. The molecule has 0 aliphatic carbocycles. The maximum atomic E-state index is 12.3. The van der Waals surface area contributed by atoms with E-state index in [4.69, 9.17) is 4.42 Å². The fourth-order valence-electron chi connectivity index (χ4n) is 2.50. The second-order valence-electron chi connectivity index (χ2n) is 6.30. The van der Waals surface area contributed by atoms with Gasteiger partial charge in [0.1, 0.15) is 23.2 Å². The molecule has 3 aromatic rings. The number of carbonyl (C=O) groups is 1. The third-order valence-corrected chi connectivity index (χ3v) is 6.02. The number of benzene rings is 1. The van der Waals surface area contributed by atoms with Gasteiger partial charge in [0.05, 0.1) is 11.4 Å². The zero-order valence-corrected chi connectivity index (χ0v) is 18.5. The molecule has 0 spiro atoms. The Morgan fingerprint density at radius 2 is 1.94 bits per heavy atom. The van der Waals surface area contributed by atoms with Crippen LogP contribution in [0.15, 0.2) is 80.3 Å². The van der Waals surface area contributed by atoms with E-state index in [0.29, 0.717) is 5.76 Å². The normalized spacial score (nSPS) is 11.7. The van der Waals surface area contributed by atoms with Gasteiger partial charge in [-0.05, 0) is 48.0 Å². The number of hydrogen-bond acceptors (Lipinski definition) is 6. The van der Waals surface area contributed by atoms with E-state index in [2.05, 4.69) is 31.0 Å². The molecule has 0 saturated heterocycles. The highest BCUT2D eigenvalue weighted by Gasteiger charge is 2.15. The van der Waals surface area contributed by atoms with Gasteiger partial charge in [0.15, 0.2) is 0 Å². The van der Waals surface area contributed by atoms with Gasteiger partial charge < -0.3 is 9.73 Å². The van der Waals surface area contributed by atoms with Crippen LogP contribution >= 0.6 is 15.9 Å². The average molecular weight is 501 g/mol. The van der Waals surface area contributed by atoms with Crippen LogP contribution in [0.25, 0.3) is 6.08 Å². The Balaban J connectivity index is 1.62. The molecule has 0 radical (unpaired) electrons. The second kappa shape index (κ2) is 10.2. The number of nitriles is 1. The Labute approximate surface area is 187 Å². The molecule has 2 heterocycles. The number of sulfonamides is 1. The number of rotatable bonds is 8. The Morgan fingerprint density at radius 3 is 2.61 bits per heavy atom. The summed E-state index contributed by atoms with van der Waals surface area (Å²) in [5, 5.41) is 11.9. The lowest BCUT2D eigenvalue weighted by atomic mass is 10.2. The lowest BCUT2D eigenvalue weighted by Gasteiger charge is -2.05. The van der Waals surface area contributed by atoms with Crippen molar-refractivity contribution < 1.29 is 17.6 Å². The summed E-state index contributed by atoms with van der Waals surface area (Å²) in [7, 11) is -3.71. The largest absolute Gasteiger partial charge is 0.460 e. The van der Waals surface area contributed by atoms with Crippen molar-refractivity contribution in [3.8, 4) is 6.07 Å². The maximum absolute atomic E-state index is 12.3. The fourth-order valence-corrected chi connectivity index (χ4v) is 3.76. The van der Waals surface area contributed by atoms with Gasteiger partial charge in [0.2, 0.25) is 10.0 Å². The van der Waals surface area contributed by atoms with Gasteiger partial charge in [-0.3, -0.25) is 9.78 Å². The Morgan fingerprint density at radius 1 is 1.16 bits per heavy atom. The summed E-state index contributed by atoms with van der Waals surface area (Å²) < 4.78 is 33.4. The number of hydrogen-bond donors (Lipinski definition) is 2. The zero-order chi connectivity index (χ0) is 22.3. The molecule has 158 valence electrons. The van der Waals surface area contributed by atoms with Crippen LogP contribution in [-0.2, 0) is 27.9 Å². The van der Waals surface area contributed by atoms with Crippen LogP contribution in [0, 0.1) is 11.3 Å². The molecule has 1 aromatic carbocycles. The van der Waals surface area contributed by atoms with E-state index in [-0.39, 0.29) is 29.3 Å². The van der Waals surface area contributed by atoms with Gasteiger partial charge in [0, 0.05) is 29.5 Å². The van der Waals surface area contributed by atoms with E-state index < -0.39 is 15.9 Å². The molecule has 0 atom stereocenters. The number of aromatic nitrogens is 1. The van der Waals surface area contributed by atoms with Crippen molar-refractivity contribution in [2.75, 3.05) is 0 Å². The second-order valence-corrected chi connectivity index (χ2v) is 8.98. The number of nitrogens with zero attached hydrogens (tertiary/aromatic N) is 2. The lowest BCUT2D eigenvalue weighted by molar-refractivity contribution is -0.117. The smallest absolute Gasteiger partial charge is 0.262 e. The summed E-state index contributed by atoms with van der Waals surface area (Å²) >= 11 is 3.26. The summed E-state index contributed by atoms with van der Waals surface area (Å²) in [4.78, 5) is 16.3. The van der Waals surface area contributed by atoms with E-state index in [9.17, 15) is 18.5 Å². The Bertz CT molecular complexity index is 1230. The molecule has 0 unspecified atom stereocenters. The summed E-state index contributed by atoms with van der Waals surface area (Å²) in [6.45, 7) is 0.147. The molecule has 2 aromatic heterocycles. The van der Waals surface area contributed by atoms with Crippen LogP contribution < -0.4 is 10.0 Å². The van der Waals surface area contributed by atoms with Crippen LogP contribution in [0.5, 0.6) is 0 Å². The van der Waals surface area contributed by atoms with Crippen molar-refractivity contribution in [1.82, 2.24) is 15.0 Å². The van der Waals surface area contributed by atoms with Crippen molar-refractivity contribution in [2.45, 2.75) is 18.0 Å². The monoisotopic (exact) mass is 500 g/mol. The van der Waals surface area contributed by atoms with E-state index in [1.807, 2.05) is 6.07 Å². The minimum Gasteiger partial charge on any atom is -0.460 e. The first-order chi connectivity index (χ1) is 14.9.